The fraction of sp³-hybridized carbons (Fsp3) is 0.769. The van der Waals surface area contributed by atoms with Crippen LogP contribution in [0.2, 0.25) is 0 Å². The normalized spacial score (nSPS) is 24.8. The average molecular weight is 224 g/mol. The zero-order valence-electron chi connectivity index (χ0n) is 10.8. The van der Waals surface area contributed by atoms with Crippen LogP contribution in [0.3, 0.4) is 0 Å². The third kappa shape index (κ3) is 2.46. The van der Waals surface area contributed by atoms with Gasteiger partial charge < -0.3 is 10.2 Å². The molecule has 3 nitrogen and oxygen atoms in total. The number of carbonyl (C=O) groups is 1. The van der Waals surface area contributed by atoms with Crippen molar-refractivity contribution >= 4 is 5.91 Å². The summed E-state index contributed by atoms with van der Waals surface area (Å²) in [5.41, 5.74) is -0.312. The number of amides is 1. The van der Waals surface area contributed by atoms with Crippen molar-refractivity contribution in [2.24, 2.45) is 0 Å². The van der Waals surface area contributed by atoms with Crippen molar-refractivity contribution in [1.29, 1.82) is 0 Å². The fourth-order valence-electron chi connectivity index (χ4n) is 2.38. The van der Waals surface area contributed by atoms with Gasteiger partial charge in [-0.2, -0.15) is 0 Å². The molecule has 1 unspecified atom stereocenters. The molecule has 0 aromatic rings. The summed E-state index contributed by atoms with van der Waals surface area (Å²) in [4.78, 5) is 14.5. The molecule has 1 fully saturated rings. The largest absolute Gasteiger partial charge is 0.335 e. The Labute approximate surface area is 98.9 Å². The van der Waals surface area contributed by atoms with Crippen LogP contribution in [-0.2, 0) is 4.79 Å². The summed E-state index contributed by atoms with van der Waals surface area (Å²) in [7, 11) is 0. The van der Waals surface area contributed by atoms with Crippen LogP contribution in [0.25, 0.3) is 0 Å². The van der Waals surface area contributed by atoms with Gasteiger partial charge in [-0.05, 0) is 39.7 Å². The fourth-order valence-corrected chi connectivity index (χ4v) is 2.38. The molecule has 92 valence electrons. The van der Waals surface area contributed by atoms with Crippen LogP contribution in [0.1, 0.15) is 40.0 Å². The highest BCUT2D eigenvalue weighted by molar-refractivity contribution is 5.87. The Morgan fingerprint density at radius 1 is 1.62 bits per heavy atom. The van der Waals surface area contributed by atoms with Crippen LogP contribution >= 0.6 is 0 Å². The molecule has 0 saturated carbocycles. The smallest absolute Gasteiger partial charge is 0.243 e. The minimum absolute atomic E-state index is 0.233. The van der Waals surface area contributed by atoms with Gasteiger partial charge in [0.1, 0.15) is 0 Å². The van der Waals surface area contributed by atoms with Crippen LogP contribution in [0.15, 0.2) is 12.7 Å². The van der Waals surface area contributed by atoms with E-state index >= 15 is 0 Å². The minimum Gasteiger partial charge on any atom is -0.335 e. The maximum Gasteiger partial charge on any atom is 0.243 e. The van der Waals surface area contributed by atoms with E-state index in [0.717, 1.165) is 25.8 Å². The Morgan fingerprint density at radius 2 is 2.31 bits per heavy atom. The van der Waals surface area contributed by atoms with E-state index in [4.69, 9.17) is 0 Å². The summed E-state index contributed by atoms with van der Waals surface area (Å²) >= 11 is 0. The van der Waals surface area contributed by atoms with Crippen molar-refractivity contribution < 1.29 is 4.79 Å². The number of hydrogen-bond donors (Lipinski definition) is 1. The van der Waals surface area contributed by atoms with E-state index in [1.165, 1.54) is 0 Å². The topological polar surface area (TPSA) is 32.3 Å². The predicted octanol–water partition coefficient (Wildman–Crippen LogP) is 1.94. The maximum absolute atomic E-state index is 12.5. The van der Waals surface area contributed by atoms with Crippen molar-refractivity contribution in [3.05, 3.63) is 12.7 Å². The van der Waals surface area contributed by atoms with E-state index in [1.54, 1.807) is 6.08 Å². The highest BCUT2D eigenvalue weighted by atomic mass is 16.2. The third-order valence-electron chi connectivity index (χ3n) is 3.47. The van der Waals surface area contributed by atoms with Gasteiger partial charge in [-0.3, -0.25) is 4.79 Å². The Hall–Kier alpha value is -0.830. The lowest BCUT2D eigenvalue weighted by Crippen LogP contribution is -2.56. The van der Waals surface area contributed by atoms with Crippen LogP contribution in [0.4, 0.5) is 0 Å². The van der Waals surface area contributed by atoms with Crippen LogP contribution in [0.5, 0.6) is 0 Å². The molecule has 1 amide bonds. The highest BCUT2D eigenvalue weighted by Crippen LogP contribution is 2.26. The van der Waals surface area contributed by atoms with Crippen molar-refractivity contribution in [3.63, 3.8) is 0 Å². The van der Waals surface area contributed by atoms with Crippen molar-refractivity contribution in [2.45, 2.75) is 51.6 Å². The predicted molar refractivity (Wildman–Crippen MR) is 67.3 cm³/mol. The van der Waals surface area contributed by atoms with Crippen LogP contribution in [-0.4, -0.2) is 35.5 Å². The van der Waals surface area contributed by atoms with Crippen LogP contribution < -0.4 is 5.32 Å². The van der Waals surface area contributed by atoms with Gasteiger partial charge in [0.25, 0.3) is 0 Å². The summed E-state index contributed by atoms with van der Waals surface area (Å²) in [6, 6.07) is 0.233. The van der Waals surface area contributed by atoms with Gasteiger partial charge >= 0.3 is 0 Å². The molecular formula is C13H24N2O. The lowest BCUT2D eigenvalue weighted by atomic mass is 9.92. The molecule has 1 heterocycles. The lowest BCUT2D eigenvalue weighted by molar-refractivity contribution is -0.139. The van der Waals surface area contributed by atoms with E-state index in [-0.39, 0.29) is 17.5 Å². The van der Waals surface area contributed by atoms with E-state index in [1.807, 2.05) is 4.90 Å². The average Bonchev–Trinajstić information content (AvgIpc) is 2.74. The molecular weight excluding hydrogens is 200 g/mol. The first-order chi connectivity index (χ1) is 7.57. The number of nitrogens with zero attached hydrogens (tertiary/aromatic N) is 1. The van der Waals surface area contributed by atoms with E-state index in [2.05, 4.69) is 32.7 Å². The quantitative estimate of drug-likeness (QED) is 0.724. The number of nitrogens with one attached hydrogen (secondary N) is 1. The molecule has 1 rings (SSSR count). The molecule has 1 N–H and O–H groups in total. The first-order valence-electron chi connectivity index (χ1n) is 6.24. The van der Waals surface area contributed by atoms with Crippen molar-refractivity contribution in [3.8, 4) is 0 Å². The maximum atomic E-state index is 12.5. The van der Waals surface area contributed by atoms with Gasteiger partial charge in [-0.25, -0.2) is 0 Å². The number of hydrogen-bond acceptors (Lipinski definition) is 2. The molecule has 1 saturated heterocycles. The zero-order chi connectivity index (χ0) is 12.2. The summed E-state index contributed by atoms with van der Waals surface area (Å²) in [5, 5.41) is 3.39. The summed E-state index contributed by atoms with van der Waals surface area (Å²) in [5.74, 6) is 0.238. The summed E-state index contributed by atoms with van der Waals surface area (Å²) in [6.45, 7) is 11.5. The van der Waals surface area contributed by atoms with E-state index < -0.39 is 0 Å². The molecule has 3 heteroatoms. The van der Waals surface area contributed by atoms with Crippen molar-refractivity contribution in [1.82, 2.24) is 10.2 Å². The third-order valence-corrected chi connectivity index (χ3v) is 3.47. The lowest BCUT2D eigenvalue weighted by Gasteiger charge is -2.35. The Morgan fingerprint density at radius 3 is 2.69 bits per heavy atom. The van der Waals surface area contributed by atoms with Gasteiger partial charge in [-0.15, -0.1) is 6.58 Å². The molecule has 0 aromatic heterocycles. The zero-order valence-corrected chi connectivity index (χ0v) is 10.8. The molecule has 0 aromatic carbocycles. The second-order valence-electron chi connectivity index (χ2n) is 4.81. The molecule has 0 spiro atoms. The number of carbonyl (C=O) groups excluding carboxylic acids is 1. The van der Waals surface area contributed by atoms with Crippen LogP contribution in [0, 0.1) is 0 Å². The highest BCUT2D eigenvalue weighted by Gasteiger charge is 2.41. The second kappa shape index (κ2) is 5.48. The molecule has 1 atom stereocenters. The molecule has 1 aliphatic rings. The first-order valence-corrected chi connectivity index (χ1v) is 6.24. The molecule has 1 aliphatic heterocycles. The van der Waals surface area contributed by atoms with Gasteiger partial charge in [0, 0.05) is 12.6 Å². The summed E-state index contributed by atoms with van der Waals surface area (Å²) < 4.78 is 0. The number of rotatable bonds is 5. The summed E-state index contributed by atoms with van der Waals surface area (Å²) in [6.07, 6.45) is 4.73. The van der Waals surface area contributed by atoms with Crippen molar-refractivity contribution in [2.75, 3.05) is 13.1 Å². The molecule has 16 heavy (non-hydrogen) atoms. The van der Waals surface area contributed by atoms with Gasteiger partial charge in [0.15, 0.2) is 0 Å². The SMILES string of the molecule is C=CCN(C(=O)C1(CC)CCCN1)C(C)C. The Kier molecular flexibility index (Phi) is 4.54. The first kappa shape index (κ1) is 13.2. The standard InChI is InChI=1S/C13H24N2O/c1-5-10-15(11(3)4)12(16)13(6-2)8-7-9-14-13/h5,11,14H,1,6-10H2,2-4H3. The molecule has 0 bridgehead atoms. The van der Waals surface area contributed by atoms with E-state index in [0.29, 0.717) is 6.54 Å². The molecule has 0 radical (unpaired) electrons. The van der Waals surface area contributed by atoms with Gasteiger partial charge in [-0.1, -0.05) is 13.0 Å². The van der Waals surface area contributed by atoms with E-state index in [9.17, 15) is 4.79 Å². The Balaban J connectivity index is 2.83. The molecule has 0 aliphatic carbocycles. The van der Waals surface area contributed by atoms with Gasteiger partial charge in [0.2, 0.25) is 5.91 Å². The second-order valence-corrected chi connectivity index (χ2v) is 4.81. The minimum atomic E-state index is -0.312. The van der Waals surface area contributed by atoms with Gasteiger partial charge in [0.05, 0.1) is 5.54 Å². The monoisotopic (exact) mass is 224 g/mol. The Bertz CT molecular complexity index is 255.